The maximum atomic E-state index is 13.3. The zero-order valence-corrected chi connectivity index (χ0v) is 12.5. The highest BCUT2D eigenvalue weighted by Crippen LogP contribution is 2.33. The van der Waals surface area contributed by atoms with Crippen molar-refractivity contribution in [2.24, 2.45) is 0 Å². The maximum absolute atomic E-state index is 13.3. The Hall–Kier alpha value is -1.79. The summed E-state index contributed by atoms with van der Waals surface area (Å²) in [7, 11) is 0. The molecule has 3 rings (SSSR count). The highest BCUT2D eigenvalue weighted by atomic mass is 35.5. The lowest BCUT2D eigenvalue weighted by molar-refractivity contribution is 0.577. The third-order valence-corrected chi connectivity index (χ3v) is 3.98. The van der Waals surface area contributed by atoms with E-state index in [0.717, 1.165) is 23.3 Å². The Balaban J connectivity index is 1.97. The summed E-state index contributed by atoms with van der Waals surface area (Å²) in [5.41, 5.74) is 2.48. The first-order valence-corrected chi connectivity index (χ1v) is 7.29. The number of benzene rings is 2. The van der Waals surface area contributed by atoms with Crippen LogP contribution in [0.15, 0.2) is 30.3 Å². The average molecular weight is 326 g/mol. The molecule has 1 aromatic heterocycles. The van der Waals surface area contributed by atoms with E-state index >= 15 is 0 Å². The van der Waals surface area contributed by atoms with Crippen LogP contribution in [0.25, 0.3) is 11.0 Å². The first kappa shape index (κ1) is 14.2. The number of nitrogens with zero attached hydrogens (tertiary/aromatic N) is 2. The van der Waals surface area contributed by atoms with Crippen molar-refractivity contribution in [3.8, 4) is 0 Å². The number of hydrogen-bond acceptors (Lipinski definition) is 4. The molecule has 0 aliphatic heterocycles. The normalized spacial score (nSPS) is 12.6. The lowest BCUT2D eigenvalue weighted by Gasteiger charge is -2.17. The number of anilines is 1. The second-order valence-corrected chi connectivity index (χ2v) is 5.56. The Kier molecular flexibility index (Phi) is 3.73. The molecule has 0 aliphatic carbocycles. The zero-order valence-electron chi connectivity index (χ0n) is 10.9. The molecule has 0 radical (unpaired) electrons. The minimum atomic E-state index is -0.613. The van der Waals surface area contributed by atoms with Crippen LogP contribution in [-0.4, -0.2) is 8.75 Å². The second-order valence-electron chi connectivity index (χ2n) is 4.62. The number of fused-ring (bicyclic) bond motifs is 1. The highest BCUT2D eigenvalue weighted by molar-refractivity contribution is 7.00. The maximum Gasteiger partial charge on any atom is 0.129 e. The van der Waals surface area contributed by atoms with Crippen LogP contribution in [0.2, 0.25) is 5.02 Å². The topological polar surface area (TPSA) is 37.8 Å². The van der Waals surface area contributed by atoms with Crippen molar-refractivity contribution >= 4 is 40.0 Å². The van der Waals surface area contributed by atoms with E-state index in [9.17, 15) is 8.78 Å². The van der Waals surface area contributed by atoms with Gasteiger partial charge in [-0.25, -0.2) is 8.78 Å². The minimum Gasteiger partial charge on any atom is -0.375 e. The van der Waals surface area contributed by atoms with E-state index in [2.05, 4.69) is 14.1 Å². The van der Waals surface area contributed by atoms with Gasteiger partial charge in [-0.15, -0.1) is 0 Å². The van der Waals surface area contributed by atoms with Crippen LogP contribution in [0.5, 0.6) is 0 Å². The molecule has 0 saturated carbocycles. The van der Waals surface area contributed by atoms with E-state index < -0.39 is 11.6 Å². The van der Waals surface area contributed by atoms with Gasteiger partial charge in [-0.3, -0.25) is 0 Å². The van der Waals surface area contributed by atoms with Gasteiger partial charge in [0.1, 0.15) is 22.7 Å². The van der Waals surface area contributed by atoms with Crippen molar-refractivity contribution in [1.29, 1.82) is 0 Å². The van der Waals surface area contributed by atoms with Crippen LogP contribution in [0.1, 0.15) is 18.5 Å². The molecule has 0 aliphatic rings. The van der Waals surface area contributed by atoms with Crippen molar-refractivity contribution in [3.63, 3.8) is 0 Å². The molecule has 1 atom stereocenters. The van der Waals surface area contributed by atoms with E-state index in [1.807, 2.05) is 0 Å². The van der Waals surface area contributed by atoms with Gasteiger partial charge in [-0.2, -0.15) is 8.75 Å². The van der Waals surface area contributed by atoms with Gasteiger partial charge in [-0.1, -0.05) is 11.6 Å². The Morgan fingerprint density at radius 1 is 1.14 bits per heavy atom. The van der Waals surface area contributed by atoms with Gasteiger partial charge in [0.25, 0.3) is 0 Å². The summed E-state index contributed by atoms with van der Waals surface area (Å²) >= 11 is 7.27. The summed E-state index contributed by atoms with van der Waals surface area (Å²) in [5.74, 6) is -1.23. The van der Waals surface area contributed by atoms with Gasteiger partial charge < -0.3 is 5.32 Å². The predicted octanol–water partition coefficient (Wildman–Crippen LogP) is 4.80. The highest BCUT2D eigenvalue weighted by Gasteiger charge is 2.14. The van der Waals surface area contributed by atoms with E-state index in [1.54, 1.807) is 19.1 Å². The third-order valence-electron chi connectivity index (χ3n) is 3.12. The minimum absolute atomic E-state index is 0.333. The van der Waals surface area contributed by atoms with Crippen LogP contribution in [0, 0.1) is 11.6 Å². The van der Waals surface area contributed by atoms with Gasteiger partial charge in [0.15, 0.2) is 0 Å². The lowest BCUT2D eigenvalue weighted by atomic mass is 10.1. The standard InChI is InChI=1S/C14H10ClF2N3S/c1-7(8-4-9(16)6-10(17)5-8)18-13-11(15)2-3-12-14(13)20-21-19-12/h2-7,18H,1H3. The molecule has 0 saturated heterocycles. The molecular weight excluding hydrogens is 316 g/mol. The first-order valence-electron chi connectivity index (χ1n) is 6.18. The Morgan fingerprint density at radius 3 is 2.57 bits per heavy atom. The Bertz CT molecular complexity index is 786. The van der Waals surface area contributed by atoms with E-state index in [1.165, 1.54) is 12.1 Å². The predicted molar refractivity (Wildman–Crippen MR) is 80.8 cm³/mol. The molecule has 1 N–H and O–H groups in total. The molecule has 1 unspecified atom stereocenters. The average Bonchev–Trinajstić information content (AvgIpc) is 2.89. The number of rotatable bonds is 3. The van der Waals surface area contributed by atoms with Crippen LogP contribution < -0.4 is 5.32 Å². The molecule has 0 fully saturated rings. The summed E-state index contributed by atoms with van der Waals surface area (Å²) in [6.45, 7) is 1.79. The quantitative estimate of drug-likeness (QED) is 0.752. The molecule has 21 heavy (non-hydrogen) atoms. The molecule has 2 aromatic carbocycles. The fourth-order valence-corrected chi connectivity index (χ4v) is 2.84. The summed E-state index contributed by atoms with van der Waals surface area (Å²) in [6.07, 6.45) is 0. The van der Waals surface area contributed by atoms with Crippen LogP contribution in [-0.2, 0) is 0 Å². The Labute approximate surface area is 128 Å². The smallest absolute Gasteiger partial charge is 0.129 e. The zero-order chi connectivity index (χ0) is 15.0. The summed E-state index contributed by atoms with van der Waals surface area (Å²) < 4.78 is 34.9. The van der Waals surface area contributed by atoms with Gasteiger partial charge in [0.05, 0.1) is 22.4 Å². The largest absolute Gasteiger partial charge is 0.375 e. The molecule has 7 heteroatoms. The van der Waals surface area contributed by atoms with Crippen molar-refractivity contribution in [2.75, 3.05) is 5.32 Å². The second kappa shape index (κ2) is 5.54. The first-order chi connectivity index (χ1) is 10.0. The van der Waals surface area contributed by atoms with Gasteiger partial charge in [0.2, 0.25) is 0 Å². The van der Waals surface area contributed by atoms with Gasteiger partial charge in [-0.05, 0) is 36.8 Å². The van der Waals surface area contributed by atoms with Crippen molar-refractivity contribution in [3.05, 3.63) is 52.6 Å². The van der Waals surface area contributed by atoms with Crippen molar-refractivity contribution in [1.82, 2.24) is 8.75 Å². The fourth-order valence-electron chi connectivity index (χ4n) is 2.09. The van der Waals surface area contributed by atoms with Crippen molar-refractivity contribution in [2.45, 2.75) is 13.0 Å². The molecule has 3 aromatic rings. The molecule has 1 heterocycles. The number of halogens is 3. The van der Waals surface area contributed by atoms with E-state index in [-0.39, 0.29) is 6.04 Å². The van der Waals surface area contributed by atoms with E-state index in [4.69, 9.17) is 11.6 Å². The summed E-state index contributed by atoms with van der Waals surface area (Å²) in [4.78, 5) is 0. The monoisotopic (exact) mass is 325 g/mol. The van der Waals surface area contributed by atoms with E-state index in [0.29, 0.717) is 21.8 Å². The summed E-state index contributed by atoms with van der Waals surface area (Å²) in [5, 5.41) is 3.63. The number of aromatic nitrogens is 2. The number of hydrogen-bond donors (Lipinski definition) is 1. The lowest BCUT2D eigenvalue weighted by Crippen LogP contribution is -2.08. The fraction of sp³-hybridized carbons (Fsp3) is 0.143. The van der Waals surface area contributed by atoms with Crippen molar-refractivity contribution < 1.29 is 8.78 Å². The molecule has 108 valence electrons. The Morgan fingerprint density at radius 2 is 1.86 bits per heavy atom. The van der Waals surface area contributed by atoms with Crippen LogP contribution in [0.3, 0.4) is 0 Å². The third kappa shape index (κ3) is 2.82. The SMILES string of the molecule is CC(Nc1c(Cl)ccc2nsnc12)c1cc(F)cc(F)c1. The summed E-state index contributed by atoms with van der Waals surface area (Å²) in [6, 6.07) is 6.57. The van der Waals surface area contributed by atoms with Crippen LogP contribution in [0.4, 0.5) is 14.5 Å². The molecule has 0 amide bonds. The van der Waals surface area contributed by atoms with Crippen LogP contribution >= 0.6 is 23.3 Å². The van der Waals surface area contributed by atoms with Gasteiger partial charge in [0, 0.05) is 12.1 Å². The molecular formula is C14H10ClF2N3S. The molecule has 0 bridgehead atoms. The molecule has 3 nitrogen and oxygen atoms in total. The van der Waals surface area contributed by atoms with Gasteiger partial charge >= 0.3 is 0 Å². The molecule has 0 spiro atoms. The number of nitrogens with one attached hydrogen (secondary N) is 1.